The number of hydrogen-bond donors (Lipinski definition) is 1. The van der Waals surface area contributed by atoms with Crippen LogP contribution in [0.4, 0.5) is 0 Å². The number of hydrogen-bond acceptors (Lipinski definition) is 2. The molecule has 2 heteroatoms. The number of aromatic nitrogens is 1. The maximum absolute atomic E-state index is 4.19. The molecular formula is C13H20N2. The predicted octanol–water partition coefficient (Wildman–Crippen LogP) is 2.40. The van der Waals surface area contributed by atoms with E-state index in [9.17, 15) is 0 Å². The third-order valence-electron chi connectivity index (χ3n) is 3.62. The van der Waals surface area contributed by atoms with Gasteiger partial charge < -0.3 is 5.32 Å². The molecule has 1 aromatic heterocycles. The fraction of sp³-hybridized carbons (Fsp3) is 0.615. The van der Waals surface area contributed by atoms with Gasteiger partial charge in [-0.1, -0.05) is 19.9 Å². The van der Waals surface area contributed by atoms with E-state index in [0.717, 1.165) is 6.42 Å². The maximum atomic E-state index is 4.19. The first-order chi connectivity index (χ1) is 7.23. The largest absolute Gasteiger partial charge is 0.311 e. The van der Waals surface area contributed by atoms with Crippen LogP contribution < -0.4 is 5.32 Å². The molecule has 0 aliphatic carbocycles. The van der Waals surface area contributed by atoms with Crippen LogP contribution in [-0.4, -0.2) is 17.1 Å². The van der Waals surface area contributed by atoms with E-state index in [2.05, 4.69) is 30.2 Å². The fourth-order valence-corrected chi connectivity index (χ4v) is 2.54. The van der Waals surface area contributed by atoms with E-state index in [1.54, 1.807) is 0 Å². The lowest BCUT2D eigenvalue weighted by atomic mass is 9.80. The van der Waals surface area contributed by atoms with Crippen molar-refractivity contribution >= 4 is 0 Å². The van der Waals surface area contributed by atoms with Crippen molar-refractivity contribution in [2.45, 2.75) is 38.6 Å². The van der Waals surface area contributed by atoms with Crippen LogP contribution in [0.3, 0.4) is 0 Å². The quantitative estimate of drug-likeness (QED) is 0.818. The highest BCUT2D eigenvalue weighted by atomic mass is 15.0. The first-order valence-corrected chi connectivity index (χ1v) is 5.87. The molecule has 82 valence electrons. The smallest absolute Gasteiger partial charge is 0.0300 e. The van der Waals surface area contributed by atoms with E-state index in [1.807, 2.05) is 18.5 Å². The molecule has 1 saturated heterocycles. The number of nitrogens with one attached hydrogen (secondary N) is 1. The number of nitrogens with zero attached hydrogens (tertiary/aromatic N) is 1. The topological polar surface area (TPSA) is 24.9 Å². The maximum Gasteiger partial charge on any atom is 0.0300 e. The second-order valence-corrected chi connectivity index (χ2v) is 4.88. The monoisotopic (exact) mass is 204 g/mol. The molecule has 1 atom stereocenters. The minimum absolute atomic E-state index is 0.309. The first kappa shape index (κ1) is 10.6. The van der Waals surface area contributed by atoms with Gasteiger partial charge in [0.1, 0.15) is 0 Å². The second-order valence-electron chi connectivity index (χ2n) is 4.88. The molecule has 0 bridgehead atoms. The molecule has 2 nitrogen and oxygen atoms in total. The summed E-state index contributed by atoms with van der Waals surface area (Å²) in [6.07, 6.45) is 7.54. The molecule has 1 aromatic rings. The van der Waals surface area contributed by atoms with Gasteiger partial charge in [0, 0.05) is 17.9 Å². The standard InChI is InChI=1S/C13H20N2/c1-11(2)13(6-4-8-15-13)9-12-5-3-7-14-10-12/h3,5,7,10-11,15H,4,6,8-9H2,1-2H3. The summed E-state index contributed by atoms with van der Waals surface area (Å²) in [5.41, 5.74) is 1.66. The molecule has 0 spiro atoms. The van der Waals surface area contributed by atoms with Crippen LogP contribution >= 0.6 is 0 Å². The van der Waals surface area contributed by atoms with Gasteiger partial charge in [0.2, 0.25) is 0 Å². The van der Waals surface area contributed by atoms with Gasteiger partial charge in [0.05, 0.1) is 0 Å². The molecule has 0 radical (unpaired) electrons. The van der Waals surface area contributed by atoms with Crippen LogP contribution in [0, 0.1) is 5.92 Å². The van der Waals surface area contributed by atoms with Crippen LogP contribution in [0.25, 0.3) is 0 Å². The molecule has 1 unspecified atom stereocenters. The van der Waals surface area contributed by atoms with Gasteiger partial charge >= 0.3 is 0 Å². The lowest BCUT2D eigenvalue weighted by molar-refractivity contribution is 0.269. The van der Waals surface area contributed by atoms with E-state index < -0.39 is 0 Å². The van der Waals surface area contributed by atoms with E-state index in [1.165, 1.54) is 24.9 Å². The molecule has 1 N–H and O–H groups in total. The summed E-state index contributed by atoms with van der Waals surface area (Å²) in [7, 11) is 0. The fourth-order valence-electron chi connectivity index (χ4n) is 2.54. The Labute approximate surface area is 92.1 Å². The summed E-state index contributed by atoms with van der Waals surface area (Å²) in [4.78, 5) is 4.19. The summed E-state index contributed by atoms with van der Waals surface area (Å²) in [5, 5.41) is 3.69. The third-order valence-corrected chi connectivity index (χ3v) is 3.62. The van der Waals surface area contributed by atoms with Crippen molar-refractivity contribution in [1.82, 2.24) is 10.3 Å². The summed E-state index contributed by atoms with van der Waals surface area (Å²) in [6, 6.07) is 4.20. The summed E-state index contributed by atoms with van der Waals surface area (Å²) in [6.45, 7) is 5.79. The molecule has 1 fully saturated rings. The van der Waals surface area contributed by atoms with Crippen molar-refractivity contribution in [3.63, 3.8) is 0 Å². The SMILES string of the molecule is CC(C)C1(Cc2cccnc2)CCCN1. The third kappa shape index (κ3) is 2.20. The Kier molecular flexibility index (Phi) is 3.06. The Bertz CT molecular complexity index is 300. The molecule has 1 aliphatic rings. The van der Waals surface area contributed by atoms with E-state index >= 15 is 0 Å². The van der Waals surface area contributed by atoms with Crippen LogP contribution in [0.2, 0.25) is 0 Å². The molecular weight excluding hydrogens is 184 g/mol. The molecule has 15 heavy (non-hydrogen) atoms. The van der Waals surface area contributed by atoms with Gasteiger partial charge in [0.25, 0.3) is 0 Å². The lowest BCUT2D eigenvalue weighted by Crippen LogP contribution is -2.46. The average molecular weight is 204 g/mol. The highest BCUT2D eigenvalue weighted by Gasteiger charge is 2.36. The van der Waals surface area contributed by atoms with Crippen LogP contribution in [-0.2, 0) is 6.42 Å². The zero-order valence-electron chi connectivity index (χ0n) is 9.66. The van der Waals surface area contributed by atoms with Gasteiger partial charge in [-0.3, -0.25) is 4.98 Å². The van der Waals surface area contributed by atoms with Crippen LogP contribution in [0.15, 0.2) is 24.5 Å². The van der Waals surface area contributed by atoms with Crippen molar-refractivity contribution in [3.8, 4) is 0 Å². The van der Waals surface area contributed by atoms with Crippen molar-refractivity contribution in [1.29, 1.82) is 0 Å². The van der Waals surface area contributed by atoms with Gasteiger partial charge in [-0.25, -0.2) is 0 Å². The van der Waals surface area contributed by atoms with Crippen molar-refractivity contribution in [3.05, 3.63) is 30.1 Å². The molecule has 2 rings (SSSR count). The Morgan fingerprint density at radius 2 is 2.40 bits per heavy atom. The van der Waals surface area contributed by atoms with E-state index in [4.69, 9.17) is 0 Å². The molecule has 1 aliphatic heterocycles. The molecule has 0 amide bonds. The minimum Gasteiger partial charge on any atom is -0.311 e. The number of rotatable bonds is 3. The van der Waals surface area contributed by atoms with Gasteiger partial charge in [-0.05, 0) is 43.4 Å². The Morgan fingerprint density at radius 3 is 2.93 bits per heavy atom. The average Bonchev–Trinajstić information content (AvgIpc) is 2.69. The molecule has 2 heterocycles. The zero-order valence-corrected chi connectivity index (χ0v) is 9.66. The number of pyridine rings is 1. The normalized spacial score (nSPS) is 26.1. The van der Waals surface area contributed by atoms with Gasteiger partial charge in [0.15, 0.2) is 0 Å². The second kappa shape index (κ2) is 4.31. The van der Waals surface area contributed by atoms with E-state index in [0.29, 0.717) is 11.5 Å². The lowest BCUT2D eigenvalue weighted by Gasteiger charge is -2.34. The summed E-state index contributed by atoms with van der Waals surface area (Å²) in [5.74, 6) is 0.681. The Morgan fingerprint density at radius 1 is 1.53 bits per heavy atom. The minimum atomic E-state index is 0.309. The van der Waals surface area contributed by atoms with Gasteiger partial charge in [-0.15, -0.1) is 0 Å². The molecule has 0 saturated carbocycles. The highest BCUT2D eigenvalue weighted by molar-refractivity contribution is 5.15. The summed E-state index contributed by atoms with van der Waals surface area (Å²) >= 11 is 0. The predicted molar refractivity (Wildman–Crippen MR) is 62.7 cm³/mol. The van der Waals surface area contributed by atoms with E-state index in [-0.39, 0.29) is 0 Å². The first-order valence-electron chi connectivity index (χ1n) is 5.87. The van der Waals surface area contributed by atoms with Crippen LogP contribution in [0.1, 0.15) is 32.3 Å². The van der Waals surface area contributed by atoms with Crippen LogP contribution in [0.5, 0.6) is 0 Å². The molecule has 0 aromatic carbocycles. The van der Waals surface area contributed by atoms with Crippen molar-refractivity contribution < 1.29 is 0 Å². The Balaban J connectivity index is 2.14. The van der Waals surface area contributed by atoms with Crippen molar-refractivity contribution in [2.75, 3.05) is 6.54 Å². The Hall–Kier alpha value is -0.890. The van der Waals surface area contributed by atoms with Gasteiger partial charge in [-0.2, -0.15) is 0 Å². The highest BCUT2D eigenvalue weighted by Crippen LogP contribution is 2.30. The van der Waals surface area contributed by atoms with Crippen molar-refractivity contribution in [2.24, 2.45) is 5.92 Å². The zero-order chi connectivity index (χ0) is 10.7. The summed E-state index contributed by atoms with van der Waals surface area (Å²) < 4.78 is 0.